The van der Waals surface area contributed by atoms with Gasteiger partial charge in [-0.2, -0.15) is 0 Å². The number of aromatic nitrogens is 10. The Kier molecular flexibility index (Phi) is 13.8. The maximum Gasteiger partial charge on any atom is 0.253 e. The summed E-state index contributed by atoms with van der Waals surface area (Å²) in [6.45, 7) is 4.73. The van der Waals surface area contributed by atoms with E-state index >= 15 is 0 Å². The Balaban J connectivity index is 0.000000131. The third-order valence-corrected chi connectivity index (χ3v) is 14.5. The van der Waals surface area contributed by atoms with Crippen molar-refractivity contribution in [1.82, 2.24) is 55.2 Å². The molecule has 0 saturated carbocycles. The monoisotopic (exact) mass is 1130 g/mol. The number of sulfonamides is 2. The van der Waals surface area contributed by atoms with E-state index in [1.165, 1.54) is 67.5 Å². The number of imidazole rings is 1. The van der Waals surface area contributed by atoms with Crippen molar-refractivity contribution < 1.29 is 40.4 Å². The summed E-state index contributed by atoms with van der Waals surface area (Å²) >= 11 is 3.83. The molecule has 7 N–H and O–H groups in total. The first kappa shape index (κ1) is 51.5. The Bertz CT molecular complexity index is 4230. The zero-order chi connectivity index (χ0) is 54.3. The van der Waals surface area contributed by atoms with Crippen LogP contribution in [0.15, 0.2) is 90.1 Å². The summed E-state index contributed by atoms with van der Waals surface area (Å²) in [5.74, 6) is -0.683. The number of hydrogen-bond donors (Lipinski definition) is 7. The number of amides is 4. The highest BCUT2D eigenvalue weighted by atomic mass is 32.2. The van der Waals surface area contributed by atoms with Crippen LogP contribution in [0.4, 0.5) is 26.8 Å². The van der Waals surface area contributed by atoms with Crippen molar-refractivity contribution in [3.8, 4) is 33.8 Å². The number of nitrogens with one attached hydrogen (secondary N) is 7. The van der Waals surface area contributed by atoms with Gasteiger partial charge in [-0.05, 0) is 66.7 Å². The van der Waals surface area contributed by atoms with E-state index in [0.717, 1.165) is 34.1 Å². The fraction of sp³-hybridized carbons (Fsp3) is 0.128. The Labute approximate surface area is 446 Å². The summed E-state index contributed by atoms with van der Waals surface area (Å²) < 4.78 is 56.9. The molecule has 10 heterocycles. The fourth-order valence-corrected chi connectivity index (χ4v) is 11.4. The van der Waals surface area contributed by atoms with Gasteiger partial charge in [-0.25, -0.2) is 56.7 Å². The molecule has 0 aliphatic carbocycles. The van der Waals surface area contributed by atoms with Crippen LogP contribution < -0.4 is 30.7 Å². The van der Waals surface area contributed by atoms with Crippen LogP contribution >= 0.6 is 34.0 Å². The van der Waals surface area contributed by atoms with E-state index in [9.17, 15) is 36.0 Å². The number of anilines is 5. The largest absolute Gasteiger partial charge is 0.441 e. The lowest BCUT2D eigenvalue weighted by molar-refractivity contribution is -0.115. The van der Waals surface area contributed by atoms with Crippen molar-refractivity contribution in [2.75, 3.05) is 37.9 Å². The molecule has 11 aromatic rings. The summed E-state index contributed by atoms with van der Waals surface area (Å²) in [5.41, 5.74) is 10.2. The summed E-state index contributed by atoms with van der Waals surface area (Å²) in [5, 5.41) is 12.1. The van der Waals surface area contributed by atoms with Crippen LogP contribution in [0.3, 0.4) is 0 Å². The molecule has 30 heteroatoms. The normalized spacial score (nSPS) is 12.1. The zero-order valence-electron chi connectivity index (χ0n) is 40.5. The summed E-state index contributed by atoms with van der Waals surface area (Å²) in [6, 6.07) is 19.6. The van der Waals surface area contributed by atoms with Gasteiger partial charge < -0.3 is 30.7 Å². The number of pyridine rings is 4. The molecule has 390 valence electrons. The molecule has 1 aliphatic heterocycles. The van der Waals surface area contributed by atoms with Gasteiger partial charge in [0.1, 0.15) is 42.1 Å². The van der Waals surface area contributed by atoms with E-state index in [2.05, 4.69) is 80.6 Å². The minimum absolute atomic E-state index is 0.110. The third kappa shape index (κ3) is 11.9. The predicted octanol–water partition coefficient (Wildman–Crippen LogP) is 7.35. The second kappa shape index (κ2) is 20.6. The number of aromatic amines is 1. The lowest BCUT2D eigenvalue weighted by Gasteiger charge is -2.08. The smallest absolute Gasteiger partial charge is 0.253 e. The molecule has 9 aromatic heterocycles. The van der Waals surface area contributed by atoms with Gasteiger partial charge in [-0.3, -0.25) is 33.6 Å². The Morgan fingerprint density at radius 2 is 1.08 bits per heavy atom. The van der Waals surface area contributed by atoms with Crippen molar-refractivity contribution in [3.63, 3.8) is 0 Å². The molecule has 25 nitrogen and oxygen atoms in total. The first-order valence-electron chi connectivity index (χ1n) is 22.4. The molecule has 0 saturated heterocycles. The second-order valence-electron chi connectivity index (χ2n) is 16.9. The summed E-state index contributed by atoms with van der Waals surface area (Å²) in [6.07, 6.45) is 6.61. The quantitative estimate of drug-likeness (QED) is 0.0703. The highest BCUT2D eigenvalue weighted by Gasteiger charge is 2.22. The summed E-state index contributed by atoms with van der Waals surface area (Å²) in [4.78, 5) is 89.5. The highest BCUT2D eigenvalue weighted by Crippen LogP contribution is 2.35. The Hall–Kier alpha value is -8.97. The molecule has 0 bridgehead atoms. The molecule has 0 fully saturated rings. The number of benzene rings is 2. The maximum absolute atomic E-state index is 11.7. The molecule has 12 rings (SSSR count). The van der Waals surface area contributed by atoms with E-state index in [-0.39, 0.29) is 29.3 Å². The lowest BCUT2D eigenvalue weighted by atomic mass is 10.1. The Morgan fingerprint density at radius 3 is 1.60 bits per heavy atom. The van der Waals surface area contributed by atoms with Crippen molar-refractivity contribution in [2.45, 2.75) is 27.3 Å². The summed E-state index contributed by atoms with van der Waals surface area (Å²) in [7, 11) is -6.96. The van der Waals surface area contributed by atoms with E-state index in [4.69, 9.17) is 4.42 Å². The van der Waals surface area contributed by atoms with Gasteiger partial charge in [0.15, 0.2) is 27.4 Å². The molecule has 0 atom stereocenters. The van der Waals surface area contributed by atoms with E-state index in [1.54, 1.807) is 54.7 Å². The van der Waals surface area contributed by atoms with Crippen molar-refractivity contribution >= 4 is 158 Å². The number of fused-ring (bicyclic) bond motifs is 6. The van der Waals surface area contributed by atoms with Crippen molar-refractivity contribution in [3.05, 3.63) is 96.9 Å². The molecular weight excluding hydrogens is 1090 g/mol. The number of carbonyl (C=O) groups is 4. The molecule has 0 unspecified atom stereocenters. The van der Waals surface area contributed by atoms with E-state index in [1.807, 2.05) is 18.2 Å². The molecule has 0 spiro atoms. The maximum atomic E-state index is 11.7. The van der Waals surface area contributed by atoms with Crippen LogP contribution in [0.25, 0.3) is 86.9 Å². The van der Waals surface area contributed by atoms with E-state index in [0.29, 0.717) is 104 Å². The number of H-pyrrole nitrogens is 1. The lowest BCUT2D eigenvalue weighted by Crippen LogP contribution is -2.12. The predicted molar refractivity (Wildman–Crippen MR) is 295 cm³/mol. The fourth-order valence-electron chi connectivity index (χ4n) is 7.64. The molecule has 77 heavy (non-hydrogen) atoms. The molecule has 0 radical (unpaired) electrons. The average molecular weight is 1130 g/mol. The minimum Gasteiger partial charge on any atom is -0.441 e. The Morgan fingerprint density at radius 1 is 0.584 bits per heavy atom. The number of oxazole rings is 1. The first-order chi connectivity index (χ1) is 36.7. The topological polar surface area (TPSA) is 354 Å². The van der Waals surface area contributed by atoms with Gasteiger partial charge in [-0.15, -0.1) is 0 Å². The third-order valence-electron chi connectivity index (χ3n) is 10.7. The van der Waals surface area contributed by atoms with Gasteiger partial charge in [0.25, 0.3) is 5.91 Å². The first-order valence-corrected chi connectivity index (χ1v) is 28.6. The van der Waals surface area contributed by atoms with Crippen molar-refractivity contribution in [2.24, 2.45) is 0 Å². The highest BCUT2D eigenvalue weighted by molar-refractivity contribution is 7.92. The number of thiazole rings is 3. The average Bonchev–Trinajstić information content (AvgIpc) is 4.24. The van der Waals surface area contributed by atoms with Gasteiger partial charge in [0, 0.05) is 43.7 Å². The molecule has 1 aliphatic rings. The van der Waals surface area contributed by atoms with Crippen LogP contribution in [0, 0.1) is 0 Å². The van der Waals surface area contributed by atoms with Crippen LogP contribution in [0.2, 0.25) is 0 Å². The molecular formula is C47H38N16O9S5. The van der Waals surface area contributed by atoms with Gasteiger partial charge in [-0.1, -0.05) is 34.0 Å². The number of rotatable bonds is 10. The number of carbonyl (C=O) groups excluding carboxylic acids is 4. The van der Waals surface area contributed by atoms with Crippen LogP contribution in [0.1, 0.15) is 36.8 Å². The minimum atomic E-state index is -3.49. The van der Waals surface area contributed by atoms with Crippen LogP contribution in [-0.4, -0.2) is 103 Å². The number of nitrogens with zero attached hydrogens (tertiary/aromatic N) is 9. The van der Waals surface area contributed by atoms with Crippen LogP contribution in [-0.2, 0) is 41.0 Å². The van der Waals surface area contributed by atoms with Gasteiger partial charge >= 0.3 is 0 Å². The van der Waals surface area contributed by atoms with Crippen molar-refractivity contribution in [1.29, 1.82) is 0 Å². The number of hydrogen-bond acceptors (Lipinski definition) is 21. The second-order valence-corrected chi connectivity index (χ2v) is 23.3. The standard InChI is InChI=1S/C16H14N6O3S2.C16H13N5O4S2.C15H11N5O2S/c1-8(23)19-16-21-11-4-3-10(20-15(11)26-16)9-5-12-14(18-7-17-12)13(6-9)22-27(2,24)25;1-8(22)18-16-20-11-4-3-10(19-15(11)26-16)9-5-12-14(25-7-17-12)13(6-9)21-27(2,23)24;1-7(21)18-15-20-11-3-2-10(19-14(11)23-15)8-4-9-12(16-5-8)6-17-13(9)22/h3-7,22H,1-2H3,(H,17,18)(H,19,21,23);3-7,21H,1-2H3,(H,18,20,22);2-5H,6H2,1H3,(H,17,22)(H,18,20,21). The van der Waals surface area contributed by atoms with Gasteiger partial charge in [0.05, 0.1) is 70.6 Å². The molecule has 2 aromatic carbocycles. The zero-order valence-corrected chi connectivity index (χ0v) is 44.6. The van der Waals surface area contributed by atoms with Gasteiger partial charge in [0.2, 0.25) is 37.8 Å². The SMILES string of the molecule is CC(=O)Nc1nc2ccc(-c3cc(NS(C)(=O)=O)c4nc[nH]c4c3)nc2s1.CC(=O)Nc1nc2ccc(-c3cc(NS(C)(=O)=O)c4ocnc4c3)nc2s1.CC(=O)Nc1nc2ccc(-c3cnc4c(c3)C(=O)NC4)nc2s1. The van der Waals surface area contributed by atoms with E-state index < -0.39 is 20.0 Å². The van der Waals surface area contributed by atoms with Crippen LogP contribution in [0.5, 0.6) is 0 Å². The molecule has 4 amide bonds.